The minimum atomic E-state index is 0.462. The minimum absolute atomic E-state index is 0.462. The van der Waals surface area contributed by atoms with Crippen molar-refractivity contribution in [1.82, 2.24) is 4.90 Å². The van der Waals surface area contributed by atoms with Crippen LogP contribution in [-0.4, -0.2) is 30.6 Å². The summed E-state index contributed by atoms with van der Waals surface area (Å²) in [5.41, 5.74) is 7.92. The van der Waals surface area contributed by atoms with E-state index in [9.17, 15) is 0 Å². The van der Waals surface area contributed by atoms with Crippen molar-refractivity contribution in [2.24, 2.45) is 11.1 Å². The summed E-state index contributed by atoms with van der Waals surface area (Å²) >= 11 is 0. The van der Waals surface area contributed by atoms with Gasteiger partial charge in [0.15, 0.2) is 0 Å². The topological polar surface area (TPSA) is 29.3 Å². The molecule has 0 saturated carbocycles. The van der Waals surface area contributed by atoms with Gasteiger partial charge in [0.2, 0.25) is 0 Å². The van der Waals surface area contributed by atoms with E-state index in [2.05, 4.69) is 56.0 Å². The molecule has 1 aliphatic heterocycles. The summed E-state index contributed by atoms with van der Waals surface area (Å²) in [6, 6.07) is 11.3. The number of nitrogens with zero attached hydrogens (tertiary/aromatic N) is 1. The molecule has 0 aromatic heterocycles. The average molecular weight is 260 g/mol. The smallest absolute Gasteiger partial charge is 0.0224 e. The molecule has 1 heterocycles. The molecule has 2 atom stereocenters. The Balaban J connectivity index is 1.96. The fourth-order valence-electron chi connectivity index (χ4n) is 3.19. The molecule has 19 heavy (non-hydrogen) atoms. The van der Waals surface area contributed by atoms with Gasteiger partial charge in [-0.05, 0) is 36.3 Å². The Hall–Kier alpha value is -0.860. The van der Waals surface area contributed by atoms with Gasteiger partial charge in [-0.2, -0.15) is 0 Å². The molecule has 0 aliphatic carbocycles. The zero-order valence-electron chi connectivity index (χ0n) is 12.6. The summed E-state index contributed by atoms with van der Waals surface area (Å²) in [4.78, 5) is 2.60. The molecule has 2 rings (SSSR count). The molecule has 2 heteroatoms. The third-order valence-corrected chi connectivity index (χ3v) is 4.49. The molecular formula is C17H28N2. The highest BCUT2D eigenvalue weighted by atomic mass is 15.2. The van der Waals surface area contributed by atoms with Crippen molar-refractivity contribution in [2.45, 2.75) is 45.6 Å². The summed E-state index contributed by atoms with van der Waals surface area (Å²) in [5.74, 6) is 0.582. The van der Waals surface area contributed by atoms with Crippen LogP contribution in [-0.2, 0) is 0 Å². The molecule has 0 bridgehead atoms. The van der Waals surface area contributed by atoms with E-state index in [0.29, 0.717) is 17.4 Å². The molecule has 1 fully saturated rings. The molecule has 0 radical (unpaired) electrons. The van der Waals surface area contributed by atoms with Crippen LogP contribution in [0.25, 0.3) is 0 Å². The highest BCUT2D eigenvalue weighted by Gasteiger charge is 2.33. The van der Waals surface area contributed by atoms with Crippen molar-refractivity contribution in [2.75, 3.05) is 19.6 Å². The lowest BCUT2D eigenvalue weighted by molar-refractivity contribution is 0.204. The largest absolute Gasteiger partial charge is 0.329 e. The molecule has 1 aliphatic rings. The van der Waals surface area contributed by atoms with Gasteiger partial charge >= 0.3 is 0 Å². The van der Waals surface area contributed by atoms with Gasteiger partial charge in [-0.3, -0.25) is 4.90 Å². The normalized spacial score (nSPS) is 22.3. The Morgan fingerprint density at radius 1 is 1.26 bits per heavy atom. The Morgan fingerprint density at radius 2 is 1.95 bits per heavy atom. The maximum Gasteiger partial charge on any atom is 0.0224 e. The van der Waals surface area contributed by atoms with Gasteiger partial charge in [0.25, 0.3) is 0 Å². The van der Waals surface area contributed by atoms with E-state index in [-0.39, 0.29) is 0 Å². The molecule has 1 aromatic rings. The second-order valence-electron chi connectivity index (χ2n) is 6.82. The van der Waals surface area contributed by atoms with Crippen molar-refractivity contribution in [3.8, 4) is 0 Å². The molecule has 2 nitrogen and oxygen atoms in total. The van der Waals surface area contributed by atoms with E-state index >= 15 is 0 Å². The lowest BCUT2D eigenvalue weighted by Gasteiger charge is -2.30. The predicted molar refractivity (Wildman–Crippen MR) is 82.3 cm³/mol. The highest BCUT2D eigenvalue weighted by molar-refractivity contribution is 5.19. The van der Waals surface area contributed by atoms with Crippen LogP contribution < -0.4 is 5.73 Å². The summed E-state index contributed by atoms with van der Waals surface area (Å²) in [5, 5.41) is 0. The van der Waals surface area contributed by atoms with Crippen molar-refractivity contribution < 1.29 is 0 Å². The number of hydrogen-bond donors (Lipinski definition) is 1. The van der Waals surface area contributed by atoms with Crippen LogP contribution in [0.4, 0.5) is 0 Å². The molecule has 1 saturated heterocycles. The van der Waals surface area contributed by atoms with Crippen LogP contribution in [0.3, 0.4) is 0 Å². The first kappa shape index (κ1) is 14.5. The Morgan fingerprint density at radius 3 is 2.47 bits per heavy atom. The number of nitrogens with two attached hydrogens (primary N) is 1. The summed E-state index contributed by atoms with van der Waals surface area (Å²) in [6.45, 7) is 10.2. The van der Waals surface area contributed by atoms with Crippen LogP contribution >= 0.6 is 0 Å². The van der Waals surface area contributed by atoms with Crippen LogP contribution in [0, 0.1) is 5.41 Å². The van der Waals surface area contributed by atoms with E-state index < -0.39 is 0 Å². The molecule has 106 valence electrons. The molecule has 2 unspecified atom stereocenters. The Labute approximate surface area is 118 Å². The monoisotopic (exact) mass is 260 g/mol. The van der Waals surface area contributed by atoms with Crippen LogP contribution in [0.5, 0.6) is 0 Å². The van der Waals surface area contributed by atoms with Gasteiger partial charge in [-0.25, -0.2) is 0 Å². The first-order valence-electron chi connectivity index (χ1n) is 7.51. The van der Waals surface area contributed by atoms with Crippen molar-refractivity contribution in [1.29, 1.82) is 0 Å². The van der Waals surface area contributed by atoms with Gasteiger partial charge < -0.3 is 5.73 Å². The summed E-state index contributed by atoms with van der Waals surface area (Å²) in [7, 11) is 0. The van der Waals surface area contributed by atoms with Crippen molar-refractivity contribution >= 4 is 0 Å². The third kappa shape index (κ3) is 3.80. The fourth-order valence-corrected chi connectivity index (χ4v) is 3.19. The van der Waals surface area contributed by atoms with Crippen LogP contribution in [0.15, 0.2) is 30.3 Å². The van der Waals surface area contributed by atoms with Gasteiger partial charge in [0, 0.05) is 19.1 Å². The first-order chi connectivity index (χ1) is 9.02. The molecule has 0 spiro atoms. The summed E-state index contributed by atoms with van der Waals surface area (Å²) in [6.07, 6.45) is 2.46. The van der Waals surface area contributed by atoms with E-state index in [0.717, 1.165) is 13.0 Å². The quantitative estimate of drug-likeness (QED) is 0.880. The van der Waals surface area contributed by atoms with Gasteiger partial charge in [0.1, 0.15) is 0 Å². The maximum absolute atomic E-state index is 6.03. The van der Waals surface area contributed by atoms with Crippen molar-refractivity contribution in [3.63, 3.8) is 0 Å². The Kier molecular flexibility index (Phi) is 4.64. The standard InChI is InChI=1S/C17H28N2/c1-14(15-7-5-4-6-8-15)11-16(12-18)19-10-9-17(2,3)13-19/h4-8,14,16H,9-13,18H2,1-3H3. The van der Waals surface area contributed by atoms with Crippen LogP contribution in [0.2, 0.25) is 0 Å². The number of benzene rings is 1. The van der Waals surface area contributed by atoms with E-state index in [1.54, 1.807) is 0 Å². The Bertz CT molecular complexity index is 386. The fraction of sp³-hybridized carbons (Fsp3) is 0.647. The van der Waals surface area contributed by atoms with E-state index in [4.69, 9.17) is 5.73 Å². The third-order valence-electron chi connectivity index (χ3n) is 4.49. The van der Waals surface area contributed by atoms with Crippen molar-refractivity contribution in [3.05, 3.63) is 35.9 Å². The molecular weight excluding hydrogens is 232 g/mol. The molecule has 1 aromatic carbocycles. The van der Waals surface area contributed by atoms with E-state index in [1.807, 2.05) is 0 Å². The number of likely N-dealkylation sites (tertiary alicyclic amines) is 1. The highest BCUT2D eigenvalue weighted by Crippen LogP contribution is 2.32. The summed E-state index contributed by atoms with van der Waals surface area (Å²) < 4.78 is 0. The van der Waals surface area contributed by atoms with Gasteiger partial charge in [-0.15, -0.1) is 0 Å². The van der Waals surface area contributed by atoms with E-state index in [1.165, 1.54) is 25.1 Å². The lowest BCUT2D eigenvalue weighted by atomic mass is 9.92. The molecule has 0 amide bonds. The second-order valence-corrected chi connectivity index (χ2v) is 6.82. The van der Waals surface area contributed by atoms with Crippen LogP contribution in [0.1, 0.15) is 45.1 Å². The van der Waals surface area contributed by atoms with Gasteiger partial charge in [0.05, 0.1) is 0 Å². The number of rotatable bonds is 5. The zero-order chi connectivity index (χ0) is 13.9. The average Bonchev–Trinajstić information content (AvgIpc) is 2.77. The lowest BCUT2D eigenvalue weighted by Crippen LogP contribution is -2.40. The first-order valence-corrected chi connectivity index (χ1v) is 7.51. The minimum Gasteiger partial charge on any atom is -0.329 e. The second kappa shape index (κ2) is 6.06. The molecule has 2 N–H and O–H groups in total. The predicted octanol–water partition coefficient (Wildman–Crippen LogP) is 3.24. The zero-order valence-corrected chi connectivity index (χ0v) is 12.6. The maximum atomic E-state index is 6.03. The van der Waals surface area contributed by atoms with Gasteiger partial charge in [-0.1, -0.05) is 51.1 Å². The SMILES string of the molecule is CC(CC(CN)N1CCC(C)(C)C1)c1ccccc1. The number of hydrogen-bond acceptors (Lipinski definition) is 2.